The molecule has 0 saturated carbocycles. The standard InChI is InChI=1S/C23H18N4O2/c1-15(29-19-6-4-5-16(13-19)14-24)23(28)25-18-11-9-17(10-12-18)22-26-20-7-2-3-8-21(20)27-22/h2-13,15H,1H3,(H,25,28)(H,26,27). The molecule has 0 aliphatic carbocycles. The molecule has 142 valence electrons. The fourth-order valence-electron chi connectivity index (χ4n) is 2.94. The van der Waals surface area contributed by atoms with Crippen LogP contribution in [0.15, 0.2) is 72.8 Å². The Bertz CT molecular complexity index is 1170. The minimum absolute atomic E-state index is 0.274. The van der Waals surface area contributed by atoms with E-state index >= 15 is 0 Å². The van der Waals surface area contributed by atoms with Crippen LogP contribution in [0.2, 0.25) is 0 Å². The third kappa shape index (κ3) is 4.09. The summed E-state index contributed by atoms with van der Waals surface area (Å²) in [5.74, 6) is 0.980. The van der Waals surface area contributed by atoms with E-state index in [-0.39, 0.29) is 5.91 Å². The lowest BCUT2D eigenvalue weighted by Crippen LogP contribution is -2.30. The Morgan fingerprint density at radius 2 is 1.90 bits per heavy atom. The molecule has 0 aliphatic rings. The number of carbonyl (C=O) groups excluding carboxylic acids is 1. The average Bonchev–Trinajstić information content (AvgIpc) is 3.18. The van der Waals surface area contributed by atoms with Crippen LogP contribution in [0, 0.1) is 11.3 Å². The third-order valence-electron chi connectivity index (χ3n) is 4.46. The van der Waals surface area contributed by atoms with E-state index in [1.165, 1.54) is 0 Å². The van der Waals surface area contributed by atoms with Crippen LogP contribution in [0.1, 0.15) is 12.5 Å². The summed E-state index contributed by atoms with van der Waals surface area (Å²) in [6.45, 7) is 1.66. The number of aromatic nitrogens is 2. The molecule has 0 aliphatic heterocycles. The number of anilines is 1. The quantitative estimate of drug-likeness (QED) is 0.531. The van der Waals surface area contributed by atoms with E-state index in [1.807, 2.05) is 54.6 Å². The molecule has 29 heavy (non-hydrogen) atoms. The van der Waals surface area contributed by atoms with Gasteiger partial charge in [0.1, 0.15) is 11.6 Å². The van der Waals surface area contributed by atoms with Gasteiger partial charge in [-0.05, 0) is 61.5 Å². The van der Waals surface area contributed by atoms with Crippen molar-refractivity contribution in [1.29, 1.82) is 5.26 Å². The Labute approximate surface area is 167 Å². The molecule has 1 amide bonds. The Kier molecular flexibility index (Phi) is 4.95. The Balaban J connectivity index is 1.42. The van der Waals surface area contributed by atoms with Crippen molar-refractivity contribution in [2.24, 2.45) is 0 Å². The fourth-order valence-corrected chi connectivity index (χ4v) is 2.94. The highest BCUT2D eigenvalue weighted by Crippen LogP contribution is 2.22. The lowest BCUT2D eigenvalue weighted by atomic mass is 10.2. The lowest BCUT2D eigenvalue weighted by molar-refractivity contribution is -0.122. The van der Waals surface area contributed by atoms with Crippen molar-refractivity contribution in [3.8, 4) is 23.2 Å². The summed E-state index contributed by atoms with van der Waals surface area (Å²) < 4.78 is 5.64. The number of hydrogen-bond donors (Lipinski definition) is 2. The number of H-pyrrole nitrogens is 1. The van der Waals surface area contributed by atoms with E-state index in [0.717, 1.165) is 22.4 Å². The summed E-state index contributed by atoms with van der Waals surface area (Å²) >= 11 is 0. The Morgan fingerprint density at radius 1 is 1.10 bits per heavy atom. The highest BCUT2D eigenvalue weighted by Gasteiger charge is 2.15. The maximum Gasteiger partial charge on any atom is 0.265 e. The van der Waals surface area contributed by atoms with Gasteiger partial charge in [0.25, 0.3) is 5.91 Å². The van der Waals surface area contributed by atoms with Crippen molar-refractivity contribution < 1.29 is 9.53 Å². The SMILES string of the molecule is CC(Oc1cccc(C#N)c1)C(=O)Nc1ccc(-c2nc3ccccc3[nH]2)cc1. The molecular formula is C23H18N4O2. The van der Waals surface area contributed by atoms with E-state index < -0.39 is 6.10 Å². The maximum absolute atomic E-state index is 12.4. The molecule has 0 radical (unpaired) electrons. The molecule has 1 atom stereocenters. The summed E-state index contributed by atoms with van der Waals surface area (Å²) in [5, 5.41) is 11.8. The van der Waals surface area contributed by atoms with Crippen molar-refractivity contribution in [2.45, 2.75) is 13.0 Å². The first-order chi connectivity index (χ1) is 14.1. The molecular weight excluding hydrogens is 364 g/mol. The van der Waals surface area contributed by atoms with Gasteiger partial charge in [0.15, 0.2) is 6.10 Å². The molecule has 1 heterocycles. The first-order valence-electron chi connectivity index (χ1n) is 9.15. The molecule has 0 bridgehead atoms. The summed E-state index contributed by atoms with van der Waals surface area (Å²) in [5.41, 5.74) is 3.96. The van der Waals surface area contributed by atoms with Crippen LogP contribution in [0.3, 0.4) is 0 Å². The van der Waals surface area contributed by atoms with Crippen molar-refractivity contribution in [3.05, 3.63) is 78.4 Å². The zero-order valence-electron chi connectivity index (χ0n) is 15.7. The number of ether oxygens (including phenoxy) is 1. The predicted octanol–water partition coefficient (Wildman–Crippen LogP) is 4.51. The van der Waals surface area contributed by atoms with Crippen molar-refractivity contribution in [1.82, 2.24) is 9.97 Å². The monoisotopic (exact) mass is 382 g/mol. The maximum atomic E-state index is 12.4. The third-order valence-corrected chi connectivity index (χ3v) is 4.46. The number of fused-ring (bicyclic) bond motifs is 1. The Morgan fingerprint density at radius 3 is 2.66 bits per heavy atom. The van der Waals surface area contributed by atoms with Gasteiger partial charge in [0.05, 0.1) is 22.7 Å². The molecule has 6 heteroatoms. The van der Waals surface area contributed by atoms with Crippen LogP contribution in [0.4, 0.5) is 5.69 Å². The van der Waals surface area contributed by atoms with E-state index in [1.54, 1.807) is 31.2 Å². The van der Waals surface area contributed by atoms with Crippen LogP contribution in [0.5, 0.6) is 5.75 Å². The van der Waals surface area contributed by atoms with Gasteiger partial charge in [0, 0.05) is 11.3 Å². The number of amides is 1. The van der Waals surface area contributed by atoms with Gasteiger partial charge in [-0.15, -0.1) is 0 Å². The van der Waals surface area contributed by atoms with Gasteiger partial charge < -0.3 is 15.0 Å². The van der Waals surface area contributed by atoms with E-state index in [4.69, 9.17) is 10.00 Å². The second-order valence-corrected chi connectivity index (χ2v) is 6.57. The number of aromatic amines is 1. The van der Waals surface area contributed by atoms with Crippen LogP contribution < -0.4 is 10.1 Å². The minimum atomic E-state index is -0.709. The average molecular weight is 382 g/mol. The minimum Gasteiger partial charge on any atom is -0.481 e. The molecule has 2 N–H and O–H groups in total. The molecule has 0 saturated heterocycles. The highest BCUT2D eigenvalue weighted by molar-refractivity contribution is 5.94. The number of imidazole rings is 1. The summed E-state index contributed by atoms with van der Waals surface area (Å²) in [6, 6.07) is 24.1. The van der Waals surface area contributed by atoms with Gasteiger partial charge in [0.2, 0.25) is 0 Å². The molecule has 0 fully saturated rings. The smallest absolute Gasteiger partial charge is 0.265 e. The lowest BCUT2D eigenvalue weighted by Gasteiger charge is -2.15. The van der Waals surface area contributed by atoms with Crippen molar-refractivity contribution in [3.63, 3.8) is 0 Å². The summed E-state index contributed by atoms with van der Waals surface area (Å²) in [4.78, 5) is 20.3. The van der Waals surface area contributed by atoms with Gasteiger partial charge in [-0.1, -0.05) is 18.2 Å². The van der Waals surface area contributed by atoms with Crippen molar-refractivity contribution in [2.75, 3.05) is 5.32 Å². The summed E-state index contributed by atoms with van der Waals surface area (Å²) in [6.07, 6.45) is -0.709. The number of nitrogens with one attached hydrogen (secondary N) is 2. The number of nitriles is 1. The molecule has 4 rings (SSSR count). The molecule has 0 spiro atoms. The highest BCUT2D eigenvalue weighted by atomic mass is 16.5. The van der Waals surface area contributed by atoms with Crippen LogP contribution >= 0.6 is 0 Å². The van der Waals surface area contributed by atoms with E-state index in [0.29, 0.717) is 17.0 Å². The van der Waals surface area contributed by atoms with Gasteiger partial charge >= 0.3 is 0 Å². The molecule has 6 nitrogen and oxygen atoms in total. The van der Waals surface area contributed by atoms with E-state index in [9.17, 15) is 4.79 Å². The second-order valence-electron chi connectivity index (χ2n) is 6.57. The second kappa shape index (κ2) is 7.87. The van der Waals surface area contributed by atoms with E-state index in [2.05, 4.69) is 15.3 Å². The molecule has 3 aromatic carbocycles. The first-order valence-corrected chi connectivity index (χ1v) is 9.15. The van der Waals surface area contributed by atoms with Crippen molar-refractivity contribution >= 4 is 22.6 Å². The number of para-hydroxylation sites is 2. The number of nitrogens with zero attached hydrogens (tertiary/aromatic N) is 2. The zero-order valence-corrected chi connectivity index (χ0v) is 15.7. The van der Waals surface area contributed by atoms with Gasteiger partial charge in [-0.2, -0.15) is 5.26 Å². The number of carbonyl (C=O) groups is 1. The van der Waals surface area contributed by atoms with Gasteiger partial charge in [-0.3, -0.25) is 4.79 Å². The molecule has 1 unspecified atom stereocenters. The zero-order chi connectivity index (χ0) is 20.2. The van der Waals surface area contributed by atoms with Gasteiger partial charge in [-0.25, -0.2) is 4.98 Å². The molecule has 1 aromatic heterocycles. The number of hydrogen-bond acceptors (Lipinski definition) is 4. The largest absolute Gasteiger partial charge is 0.481 e. The topological polar surface area (TPSA) is 90.8 Å². The molecule has 4 aromatic rings. The summed E-state index contributed by atoms with van der Waals surface area (Å²) in [7, 11) is 0. The fraction of sp³-hybridized carbons (Fsp3) is 0.0870. The normalized spacial score (nSPS) is 11.6. The van der Waals surface area contributed by atoms with Crippen LogP contribution in [-0.2, 0) is 4.79 Å². The number of benzene rings is 3. The van der Waals surface area contributed by atoms with Crippen LogP contribution in [0.25, 0.3) is 22.4 Å². The number of rotatable bonds is 5. The van der Waals surface area contributed by atoms with Crippen LogP contribution in [-0.4, -0.2) is 22.0 Å². The first kappa shape index (κ1) is 18.3. The predicted molar refractivity (Wildman–Crippen MR) is 111 cm³/mol. The Hall–Kier alpha value is -4.11.